The van der Waals surface area contributed by atoms with Gasteiger partial charge in [0.1, 0.15) is 17.0 Å². The SMILES string of the molecule is Nc1cc(Br)nn1CC(=O)N1C(=O)OC2(CCNC2)c2c1ccc(Cl)c2F. The number of halogens is 3. The highest BCUT2D eigenvalue weighted by molar-refractivity contribution is 9.10. The molecule has 1 unspecified atom stereocenters. The predicted molar refractivity (Wildman–Crippen MR) is 98.9 cm³/mol. The predicted octanol–water partition coefficient (Wildman–Crippen LogP) is 2.39. The Morgan fingerprint density at radius 1 is 1.52 bits per heavy atom. The van der Waals surface area contributed by atoms with Crippen molar-refractivity contribution in [3.8, 4) is 0 Å². The minimum absolute atomic E-state index is 0.0996. The third kappa shape index (κ3) is 2.88. The molecule has 142 valence electrons. The number of hydrogen-bond acceptors (Lipinski definition) is 6. The van der Waals surface area contributed by atoms with Gasteiger partial charge in [-0.15, -0.1) is 0 Å². The van der Waals surface area contributed by atoms with Crippen LogP contribution in [0.25, 0.3) is 0 Å². The van der Waals surface area contributed by atoms with E-state index in [2.05, 4.69) is 26.3 Å². The molecule has 11 heteroatoms. The van der Waals surface area contributed by atoms with Crippen molar-refractivity contribution in [3.05, 3.63) is 39.2 Å². The molecule has 8 nitrogen and oxygen atoms in total. The normalized spacial score (nSPS) is 21.4. The van der Waals surface area contributed by atoms with Gasteiger partial charge in [0.2, 0.25) is 0 Å². The Morgan fingerprint density at radius 3 is 2.93 bits per heavy atom. The summed E-state index contributed by atoms with van der Waals surface area (Å²) in [5, 5.41) is 6.99. The van der Waals surface area contributed by atoms with Crippen molar-refractivity contribution in [3.63, 3.8) is 0 Å². The van der Waals surface area contributed by atoms with Crippen LogP contribution in [-0.4, -0.2) is 34.9 Å². The van der Waals surface area contributed by atoms with Crippen LogP contribution in [0.15, 0.2) is 22.8 Å². The molecule has 1 aromatic heterocycles. The van der Waals surface area contributed by atoms with Crippen molar-refractivity contribution < 1.29 is 18.7 Å². The summed E-state index contributed by atoms with van der Waals surface area (Å²) in [6.07, 6.45) is -0.493. The monoisotopic (exact) mass is 457 g/mol. The van der Waals surface area contributed by atoms with E-state index in [1.807, 2.05) is 0 Å². The number of imide groups is 1. The Balaban J connectivity index is 1.78. The number of nitrogens with two attached hydrogens (primary N) is 1. The summed E-state index contributed by atoms with van der Waals surface area (Å²) in [6, 6.07) is 4.28. The zero-order valence-electron chi connectivity index (χ0n) is 13.8. The van der Waals surface area contributed by atoms with Crippen LogP contribution in [0.5, 0.6) is 0 Å². The molecule has 1 fully saturated rings. The first kappa shape index (κ1) is 18.2. The summed E-state index contributed by atoms with van der Waals surface area (Å²) in [4.78, 5) is 26.3. The van der Waals surface area contributed by atoms with Gasteiger partial charge in [0.15, 0.2) is 11.4 Å². The van der Waals surface area contributed by atoms with Gasteiger partial charge in [0, 0.05) is 19.0 Å². The molecule has 2 aliphatic rings. The van der Waals surface area contributed by atoms with Crippen LogP contribution >= 0.6 is 27.5 Å². The summed E-state index contributed by atoms with van der Waals surface area (Å²) in [5.41, 5.74) is 4.81. The second-order valence-electron chi connectivity index (χ2n) is 6.32. The molecule has 0 saturated carbocycles. The molecular formula is C16H14BrClFN5O3. The minimum atomic E-state index is -1.19. The van der Waals surface area contributed by atoms with E-state index in [4.69, 9.17) is 22.1 Å². The summed E-state index contributed by atoms with van der Waals surface area (Å²) in [5.74, 6) is -1.13. The Hall–Kier alpha value is -2.17. The van der Waals surface area contributed by atoms with Crippen molar-refractivity contribution in [2.75, 3.05) is 23.7 Å². The van der Waals surface area contributed by atoms with E-state index in [1.54, 1.807) is 0 Å². The third-order valence-corrected chi connectivity index (χ3v) is 5.35. The molecule has 0 radical (unpaired) electrons. The fourth-order valence-corrected chi connectivity index (χ4v) is 4.04. The van der Waals surface area contributed by atoms with E-state index in [1.165, 1.54) is 22.9 Å². The lowest BCUT2D eigenvalue weighted by Gasteiger charge is -2.39. The van der Waals surface area contributed by atoms with Crippen molar-refractivity contribution in [2.45, 2.75) is 18.6 Å². The Kier molecular flexibility index (Phi) is 4.36. The number of nitrogens with zero attached hydrogens (tertiary/aromatic N) is 3. The minimum Gasteiger partial charge on any atom is -0.436 e. The Labute approximate surface area is 166 Å². The molecule has 0 bridgehead atoms. The van der Waals surface area contributed by atoms with Gasteiger partial charge in [-0.25, -0.2) is 18.8 Å². The van der Waals surface area contributed by atoms with Gasteiger partial charge in [0.25, 0.3) is 5.91 Å². The molecule has 27 heavy (non-hydrogen) atoms. The van der Waals surface area contributed by atoms with E-state index in [0.29, 0.717) is 17.6 Å². The summed E-state index contributed by atoms with van der Waals surface area (Å²) in [7, 11) is 0. The summed E-state index contributed by atoms with van der Waals surface area (Å²) >= 11 is 9.11. The molecule has 1 spiro atoms. The smallest absolute Gasteiger partial charge is 0.422 e. The van der Waals surface area contributed by atoms with E-state index < -0.39 is 23.4 Å². The molecule has 1 atom stereocenters. The second kappa shape index (κ2) is 6.47. The largest absolute Gasteiger partial charge is 0.436 e. The fraction of sp³-hybridized carbons (Fsp3) is 0.312. The maximum Gasteiger partial charge on any atom is 0.422 e. The third-order valence-electron chi connectivity index (χ3n) is 4.67. The van der Waals surface area contributed by atoms with Crippen LogP contribution in [0.3, 0.4) is 0 Å². The van der Waals surface area contributed by atoms with E-state index >= 15 is 0 Å². The Morgan fingerprint density at radius 2 is 2.30 bits per heavy atom. The number of aromatic nitrogens is 2. The van der Waals surface area contributed by atoms with Gasteiger partial charge in [-0.05, 0) is 34.6 Å². The molecule has 3 N–H and O–H groups in total. The first-order valence-corrected chi connectivity index (χ1v) is 9.23. The lowest BCUT2D eigenvalue weighted by Crippen LogP contribution is -2.51. The lowest BCUT2D eigenvalue weighted by molar-refractivity contribution is -0.119. The topological polar surface area (TPSA) is 102 Å². The molecule has 1 aromatic carbocycles. The number of fused-ring (bicyclic) bond motifs is 2. The molecule has 2 aromatic rings. The van der Waals surface area contributed by atoms with Gasteiger partial charge < -0.3 is 15.8 Å². The van der Waals surface area contributed by atoms with Gasteiger partial charge in [-0.2, -0.15) is 5.10 Å². The average Bonchev–Trinajstić information content (AvgIpc) is 3.17. The number of amides is 2. The number of carbonyl (C=O) groups excluding carboxylic acids is 2. The van der Waals surface area contributed by atoms with E-state index in [0.717, 1.165) is 4.90 Å². The van der Waals surface area contributed by atoms with Crippen LogP contribution in [-0.2, 0) is 21.7 Å². The van der Waals surface area contributed by atoms with Crippen LogP contribution in [0, 0.1) is 5.82 Å². The number of carbonyl (C=O) groups is 2. The van der Waals surface area contributed by atoms with Crippen LogP contribution < -0.4 is 16.0 Å². The number of nitrogens with one attached hydrogen (secondary N) is 1. The van der Waals surface area contributed by atoms with Gasteiger partial charge in [0.05, 0.1) is 16.3 Å². The molecule has 4 rings (SSSR count). The maximum absolute atomic E-state index is 14.9. The Bertz CT molecular complexity index is 960. The zero-order chi connectivity index (χ0) is 19.3. The number of anilines is 2. The fourth-order valence-electron chi connectivity index (χ4n) is 3.45. The number of rotatable bonds is 2. The van der Waals surface area contributed by atoms with Gasteiger partial charge >= 0.3 is 6.09 Å². The summed E-state index contributed by atoms with van der Waals surface area (Å²) < 4.78 is 22.1. The lowest BCUT2D eigenvalue weighted by atomic mass is 9.89. The van der Waals surface area contributed by atoms with E-state index in [-0.39, 0.29) is 35.2 Å². The number of hydrogen-bond donors (Lipinski definition) is 2. The van der Waals surface area contributed by atoms with Gasteiger partial charge in [-0.1, -0.05) is 11.6 Å². The quantitative estimate of drug-likeness (QED) is 0.716. The molecule has 2 amide bonds. The van der Waals surface area contributed by atoms with Crippen LogP contribution in [0.4, 0.5) is 20.7 Å². The number of ether oxygens (including phenoxy) is 1. The second-order valence-corrected chi connectivity index (χ2v) is 7.54. The molecule has 3 heterocycles. The maximum atomic E-state index is 14.9. The van der Waals surface area contributed by atoms with Crippen molar-refractivity contribution in [1.29, 1.82) is 0 Å². The number of benzene rings is 1. The first-order chi connectivity index (χ1) is 12.8. The highest BCUT2D eigenvalue weighted by Gasteiger charge is 2.50. The van der Waals surface area contributed by atoms with Crippen molar-refractivity contribution in [1.82, 2.24) is 15.1 Å². The average molecular weight is 459 g/mol. The van der Waals surface area contributed by atoms with Gasteiger partial charge in [-0.3, -0.25) is 4.79 Å². The standard InChI is InChI=1S/C16H14BrClFN5O3/c17-10-5-11(20)23(22-10)6-12(25)24-9-2-1-8(18)14(19)13(9)16(27-15(24)26)3-4-21-7-16/h1-2,5,21H,3-4,6-7,20H2. The van der Waals surface area contributed by atoms with Crippen molar-refractivity contribution >= 4 is 51.0 Å². The van der Waals surface area contributed by atoms with E-state index in [9.17, 15) is 14.0 Å². The highest BCUT2D eigenvalue weighted by Crippen LogP contribution is 2.45. The highest BCUT2D eigenvalue weighted by atomic mass is 79.9. The zero-order valence-corrected chi connectivity index (χ0v) is 16.2. The molecular weight excluding hydrogens is 445 g/mol. The number of nitrogen functional groups attached to an aromatic ring is 1. The molecule has 2 aliphatic heterocycles. The van der Waals surface area contributed by atoms with Crippen LogP contribution in [0.1, 0.15) is 12.0 Å². The molecule has 1 saturated heterocycles. The first-order valence-electron chi connectivity index (χ1n) is 8.06. The van der Waals surface area contributed by atoms with Crippen molar-refractivity contribution in [2.24, 2.45) is 0 Å². The van der Waals surface area contributed by atoms with Crippen LogP contribution in [0.2, 0.25) is 5.02 Å². The molecule has 0 aliphatic carbocycles. The summed E-state index contributed by atoms with van der Waals surface area (Å²) in [6.45, 7) is 0.468.